The zero-order valence-corrected chi connectivity index (χ0v) is 14.2. The largest absolute Gasteiger partial charge is 0.390 e. The molecule has 6 nitrogen and oxygen atoms in total. The molecule has 122 valence electrons. The average molecular weight is 306 g/mol. The molecule has 0 spiro atoms. The third-order valence-corrected chi connectivity index (χ3v) is 3.08. The van der Waals surface area contributed by atoms with Crippen LogP contribution in [0.4, 0.5) is 0 Å². The Labute approximate surface area is 131 Å². The number of aromatic nitrogens is 4. The van der Waals surface area contributed by atoms with Crippen molar-refractivity contribution >= 4 is 6.29 Å². The first-order chi connectivity index (χ1) is 10.3. The van der Waals surface area contributed by atoms with Crippen molar-refractivity contribution in [3.63, 3.8) is 0 Å². The highest BCUT2D eigenvalue weighted by Gasteiger charge is 2.06. The molecule has 0 atom stereocenters. The van der Waals surface area contributed by atoms with Crippen molar-refractivity contribution in [2.45, 2.75) is 60.2 Å². The third-order valence-electron chi connectivity index (χ3n) is 3.08. The second-order valence-electron chi connectivity index (χ2n) is 5.84. The number of aliphatic hydroxyl groups excluding tert-OH is 1. The fourth-order valence-corrected chi connectivity index (χ4v) is 2.17. The van der Waals surface area contributed by atoms with E-state index < -0.39 is 0 Å². The maximum atomic E-state index is 10.5. The minimum atomic E-state index is 0.0685. The monoisotopic (exact) mass is 306 g/mol. The van der Waals surface area contributed by atoms with Gasteiger partial charge in [-0.15, -0.1) is 0 Å². The summed E-state index contributed by atoms with van der Waals surface area (Å²) in [5.74, 6) is 0. The van der Waals surface area contributed by atoms with Crippen molar-refractivity contribution in [3.05, 3.63) is 34.9 Å². The molecule has 2 aromatic rings. The van der Waals surface area contributed by atoms with Crippen LogP contribution in [0.3, 0.4) is 0 Å². The van der Waals surface area contributed by atoms with Crippen molar-refractivity contribution in [2.75, 3.05) is 0 Å². The number of hydrogen-bond donors (Lipinski definition) is 1. The van der Waals surface area contributed by atoms with Gasteiger partial charge in [-0.2, -0.15) is 10.2 Å². The van der Waals surface area contributed by atoms with Crippen LogP contribution >= 0.6 is 0 Å². The number of nitrogens with zero attached hydrogens (tertiary/aromatic N) is 4. The van der Waals surface area contributed by atoms with Gasteiger partial charge in [0.1, 0.15) is 5.69 Å². The van der Waals surface area contributed by atoms with Gasteiger partial charge in [0, 0.05) is 12.1 Å². The summed E-state index contributed by atoms with van der Waals surface area (Å²) in [4.78, 5) is 10.5. The van der Waals surface area contributed by atoms with E-state index in [9.17, 15) is 4.79 Å². The Morgan fingerprint density at radius 1 is 1.05 bits per heavy atom. The van der Waals surface area contributed by atoms with E-state index in [1.54, 1.807) is 10.7 Å². The number of aliphatic hydroxyl groups is 1. The molecule has 0 aliphatic heterocycles. The topological polar surface area (TPSA) is 72.9 Å². The molecule has 1 N–H and O–H groups in total. The van der Waals surface area contributed by atoms with Crippen LogP contribution in [-0.2, 0) is 6.61 Å². The van der Waals surface area contributed by atoms with Gasteiger partial charge in [-0.05, 0) is 53.7 Å². The highest BCUT2D eigenvalue weighted by atomic mass is 16.3. The molecule has 2 heterocycles. The second kappa shape index (κ2) is 7.89. The lowest BCUT2D eigenvalue weighted by atomic mass is 10.3. The smallest absolute Gasteiger partial charge is 0.168 e. The van der Waals surface area contributed by atoms with Crippen molar-refractivity contribution in [1.29, 1.82) is 0 Å². The molecule has 2 aromatic heterocycles. The van der Waals surface area contributed by atoms with E-state index in [1.165, 1.54) is 0 Å². The quantitative estimate of drug-likeness (QED) is 0.882. The van der Waals surface area contributed by atoms with E-state index in [-0.39, 0.29) is 12.6 Å². The standard InChI is InChI=1S/C8H14N2O.C8H12N2O/c2*1-6(2)10-8(5-11)4-7(3)9-10/h4,6,11H,5H2,1-3H3;4-6H,1-3H3. The first-order valence-electron chi connectivity index (χ1n) is 7.47. The van der Waals surface area contributed by atoms with E-state index >= 15 is 0 Å². The summed E-state index contributed by atoms with van der Waals surface area (Å²) in [5.41, 5.74) is 3.39. The average Bonchev–Trinajstić information content (AvgIpc) is 3.02. The maximum Gasteiger partial charge on any atom is 0.168 e. The van der Waals surface area contributed by atoms with Crippen molar-refractivity contribution in [2.24, 2.45) is 0 Å². The van der Waals surface area contributed by atoms with E-state index in [1.807, 2.05) is 52.3 Å². The van der Waals surface area contributed by atoms with Gasteiger partial charge in [0.2, 0.25) is 0 Å². The lowest BCUT2D eigenvalue weighted by Crippen LogP contribution is -2.07. The van der Waals surface area contributed by atoms with Crippen LogP contribution < -0.4 is 0 Å². The zero-order valence-electron chi connectivity index (χ0n) is 14.2. The Hall–Kier alpha value is -1.95. The first-order valence-corrected chi connectivity index (χ1v) is 7.47. The fourth-order valence-electron chi connectivity index (χ4n) is 2.17. The van der Waals surface area contributed by atoms with Crippen molar-refractivity contribution in [3.8, 4) is 0 Å². The minimum absolute atomic E-state index is 0.0685. The van der Waals surface area contributed by atoms with Crippen LogP contribution in [0.1, 0.15) is 67.3 Å². The van der Waals surface area contributed by atoms with Crippen molar-refractivity contribution < 1.29 is 9.90 Å². The van der Waals surface area contributed by atoms with E-state index in [0.717, 1.165) is 23.4 Å². The Morgan fingerprint density at radius 3 is 1.91 bits per heavy atom. The van der Waals surface area contributed by atoms with E-state index in [0.29, 0.717) is 11.7 Å². The van der Waals surface area contributed by atoms with Crippen LogP contribution in [0.25, 0.3) is 0 Å². The predicted octanol–water partition coefficient (Wildman–Crippen LogP) is 2.85. The maximum absolute atomic E-state index is 10.5. The van der Waals surface area contributed by atoms with Crippen LogP contribution in [0.2, 0.25) is 0 Å². The number of carbonyl (C=O) groups is 1. The molecule has 0 fully saturated rings. The molecule has 0 saturated heterocycles. The third kappa shape index (κ3) is 4.53. The Kier molecular flexibility index (Phi) is 6.49. The Morgan fingerprint density at radius 2 is 1.55 bits per heavy atom. The van der Waals surface area contributed by atoms with Gasteiger partial charge in [-0.3, -0.25) is 14.2 Å². The van der Waals surface area contributed by atoms with Gasteiger partial charge in [0.05, 0.1) is 23.7 Å². The summed E-state index contributed by atoms with van der Waals surface area (Å²) in [7, 11) is 0. The summed E-state index contributed by atoms with van der Waals surface area (Å²) in [6, 6.07) is 4.27. The zero-order chi connectivity index (χ0) is 16.9. The molecular formula is C16H26N4O2. The van der Waals surface area contributed by atoms with Crippen LogP contribution in [-0.4, -0.2) is 31.0 Å². The molecule has 0 radical (unpaired) electrons. The molecule has 0 bridgehead atoms. The van der Waals surface area contributed by atoms with E-state index in [2.05, 4.69) is 10.2 Å². The SMILES string of the molecule is Cc1cc(C=O)n(C(C)C)n1.Cc1cc(CO)n(C(C)C)n1. The van der Waals surface area contributed by atoms with Gasteiger partial charge < -0.3 is 5.11 Å². The molecular weight excluding hydrogens is 280 g/mol. The van der Waals surface area contributed by atoms with Crippen LogP contribution in [0.5, 0.6) is 0 Å². The summed E-state index contributed by atoms with van der Waals surface area (Å²) in [5, 5.41) is 17.3. The molecule has 22 heavy (non-hydrogen) atoms. The summed E-state index contributed by atoms with van der Waals surface area (Å²) < 4.78 is 3.57. The molecule has 2 rings (SSSR count). The molecule has 0 aromatic carbocycles. The Balaban J connectivity index is 0.000000220. The summed E-state index contributed by atoms with van der Waals surface area (Å²) in [6.07, 6.45) is 0.833. The fraction of sp³-hybridized carbons (Fsp3) is 0.562. The van der Waals surface area contributed by atoms with Crippen LogP contribution in [0.15, 0.2) is 12.1 Å². The number of hydrogen-bond acceptors (Lipinski definition) is 4. The molecule has 6 heteroatoms. The van der Waals surface area contributed by atoms with Crippen LogP contribution in [0, 0.1) is 13.8 Å². The van der Waals surface area contributed by atoms with Gasteiger partial charge in [-0.1, -0.05) is 0 Å². The summed E-state index contributed by atoms with van der Waals surface area (Å²) in [6.45, 7) is 12.0. The van der Waals surface area contributed by atoms with Gasteiger partial charge in [0.25, 0.3) is 0 Å². The highest BCUT2D eigenvalue weighted by Crippen LogP contribution is 2.10. The minimum Gasteiger partial charge on any atom is -0.390 e. The number of rotatable bonds is 4. The lowest BCUT2D eigenvalue weighted by Gasteiger charge is -2.08. The second-order valence-corrected chi connectivity index (χ2v) is 5.84. The molecule has 0 unspecified atom stereocenters. The molecule has 0 saturated carbocycles. The lowest BCUT2D eigenvalue weighted by molar-refractivity contribution is 0.111. The van der Waals surface area contributed by atoms with Gasteiger partial charge in [-0.25, -0.2) is 0 Å². The number of carbonyl (C=O) groups excluding carboxylic acids is 1. The summed E-state index contributed by atoms with van der Waals surface area (Å²) >= 11 is 0. The van der Waals surface area contributed by atoms with Crippen molar-refractivity contribution in [1.82, 2.24) is 19.6 Å². The van der Waals surface area contributed by atoms with Gasteiger partial charge in [0.15, 0.2) is 6.29 Å². The normalized spacial score (nSPS) is 10.8. The van der Waals surface area contributed by atoms with Gasteiger partial charge >= 0.3 is 0 Å². The molecule has 0 aliphatic rings. The Bertz CT molecular complexity index is 612. The molecule has 0 amide bonds. The molecule has 0 aliphatic carbocycles. The number of aldehydes is 1. The highest BCUT2D eigenvalue weighted by molar-refractivity contribution is 5.72. The predicted molar refractivity (Wildman–Crippen MR) is 86.0 cm³/mol. The number of aryl methyl sites for hydroxylation is 2. The van der Waals surface area contributed by atoms with E-state index in [4.69, 9.17) is 5.11 Å². The first kappa shape index (κ1) is 18.1.